The first-order valence-corrected chi connectivity index (χ1v) is 3.85. The highest BCUT2D eigenvalue weighted by Crippen LogP contribution is 2.28. The summed E-state index contributed by atoms with van der Waals surface area (Å²) >= 11 is 0. The van der Waals surface area contributed by atoms with Gasteiger partial charge in [0.2, 0.25) is 0 Å². The van der Waals surface area contributed by atoms with E-state index in [9.17, 15) is 4.79 Å². The summed E-state index contributed by atoms with van der Waals surface area (Å²) < 4.78 is 5.01. The lowest BCUT2D eigenvalue weighted by Gasteiger charge is -2.39. The summed E-state index contributed by atoms with van der Waals surface area (Å²) in [6.07, 6.45) is 4.50. The molecular weight excluding hydrogens is 154 g/mol. The van der Waals surface area contributed by atoms with E-state index < -0.39 is 6.10 Å². The average molecular weight is 167 g/mol. The van der Waals surface area contributed by atoms with Crippen LogP contribution in [0.5, 0.6) is 0 Å². The van der Waals surface area contributed by atoms with Crippen molar-refractivity contribution < 1.29 is 9.53 Å². The molecule has 66 valence electrons. The number of carbonyl (C=O) groups is 1. The van der Waals surface area contributed by atoms with Gasteiger partial charge < -0.3 is 9.64 Å². The summed E-state index contributed by atoms with van der Waals surface area (Å²) in [6.45, 7) is 4.61. The Morgan fingerprint density at radius 3 is 2.83 bits per heavy atom. The zero-order valence-corrected chi connectivity index (χ0v) is 7.63. The van der Waals surface area contributed by atoms with Crippen molar-refractivity contribution in [3.05, 3.63) is 0 Å². The van der Waals surface area contributed by atoms with E-state index in [0.29, 0.717) is 6.54 Å². The summed E-state index contributed by atoms with van der Waals surface area (Å²) in [5.74, 6) is 2.48. The maximum atomic E-state index is 11.1. The summed E-state index contributed by atoms with van der Waals surface area (Å²) in [5, 5.41) is 0. The van der Waals surface area contributed by atoms with E-state index in [4.69, 9.17) is 11.2 Å². The molecule has 1 saturated heterocycles. The maximum absolute atomic E-state index is 11.1. The molecule has 0 aromatic carbocycles. The molecule has 0 aromatic rings. The predicted molar refractivity (Wildman–Crippen MR) is 45.5 cm³/mol. The summed E-state index contributed by atoms with van der Waals surface area (Å²) in [6, 6.07) is 0. The van der Waals surface area contributed by atoms with Crippen LogP contribution in [-0.2, 0) is 4.74 Å². The smallest absolute Gasteiger partial charge is 0.410 e. The standard InChI is InChI=1S/C9H13NO2/c1-5-7-9(2,3)6-10(4)8(11)12-7/h1,7H,6H2,2-4H3/t7-/m0/s1. The zero-order valence-electron chi connectivity index (χ0n) is 7.63. The first kappa shape index (κ1) is 8.92. The van der Waals surface area contributed by atoms with Gasteiger partial charge in [0.25, 0.3) is 0 Å². The fourth-order valence-corrected chi connectivity index (χ4v) is 1.37. The first-order chi connectivity index (χ1) is 5.47. The molecule has 3 nitrogen and oxygen atoms in total. The van der Waals surface area contributed by atoms with Crippen LogP contribution in [0.3, 0.4) is 0 Å². The van der Waals surface area contributed by atoms with Crippen molar-refractivity contribution >= 4 is 6.09 Å². The van der Waals surface area contributed by atoms with E-state index in [1.807, 2.05) is 13.8 Å². The van der Waals surface area contributed by atoms with Gasteiger partial charge in [-0.05, 0) is 0 Å². The Morgan fingerprint density at radius 2 is 2.33 bits per heavy atom. The third kappa shape index (κ3) is 1.38. The van der Waals surface area contributed by atoms with Crippen LogP contribution in [0.2, 0.25) is 0 Å². The molecule has 0 unspecified atom stereocenters. The number of terminal acetylenes is 1. The molecule has 0 aliphatic carbocycles. The van der Waals surface area contributed by atoms with Crippen molar-refractivity contribution in [3.63, 3.8) is 0 Å². The highest BCUT2D eigenvalue weighted by Gasteiger charge is 2.38. The van der Waals surface area contributed by atoms with Gasteiger partial charge >= 0.3 is 6.09 Å². The number of carbonyl (C=O) groups excluding carboxylic acids is 1. The van der Waals surface area contributed by atoms with Crippen LogP contribution >= 0.6 is 0 Å². The number of ether oxygens (including phenoxy) is 1. The maximum Gasteiger partial charge on any atom is 0.410 e. The second-order valence-corrected chi connectivity index (χ2v) is 3.78. The highest BCUT2D eigenvalue weighted by molar-refractivity contribution is 5.69. The van der Waals surface area contributed by atoms with Crippen LogP contribution in [0.1, 0.15) is 13.8 Å². The van der Waals surface area contributed by atoms with Crippen LogP contribution in [-0.4, -0.2) is 30.7 Å². The van der Waals surface area contributed by atoms with Crippen LogP contribution < -0.4 is 0 Å². The van der Waals surface area contributed by atoms with Gasteiger partial charge in [-0.1, -0.05) is 19.8 Å². The minimum atomic E-state index is -0.402. The monoisotopic (exact) mass is 167 g/mol. The molecule has 0 radical (unpaired) electrons. The van der Waals surface area contributed by atoms with E-state index in [-0.39, 0.29) is 11.5 Å². The fraction of sp³-hybridized carbons (Fsp3) is 0.667. The quantitative estimate of drug-likeness (QED) is 0.505. The molecule has 0 saturated carbocycles. The van der Waals surface area contributed by atoms with E-state index >= 15 is 0 Å². The molecule has 0 spiro atoms. The fourth-order valence-electron chi connectivity index (χ4n) is 1.37. The Labute approximate surface area is 72.7 Å². The Kier molecular flexibility index (Phi) is 2.01. The number of nitrogens with zero attached hydrogens (tertiary/aromatic N) is 1. The third-order valence-corrected chi connectivity index (χ3v) is 2.04. The number of hydrogen-bond acceptors (Lipinski definition) is 2. The van der Waals surface area contributed by atoms with Crippen molar-refractivity contribution in [1.82, 2.24) is 4.90 Å². The van der Waals surface area contributed by atoms with E-state index in [1.165, 1.54) is 4.90 Å². The molecular formula is C9H13NO2. The molecule has 0 aromatic heterocycles. The number of amides is 1. The summed E-state index contributed by atoms with van der Waals surface area (Å²) in [7, 11) is 1.71. The number of cyclic esters (lactones) is 1. The van der Waals surface area contributed by atoms with Crippen LogP contribution in [0.15, 0.2) is 0 Å². The predicted octanol–water partition coefficient (Wildman–Crippen LogP) is 1.10. The van der Waals surface area contributed by atoms with Gasteiger partial charge in [-0.2, -0.15) is 0 Å². The van der Waals surface area contributed by atoms with Gasteiger partial charge in [0.1, 0.15) is 0 Å². The first-order valence-electron chi connectivity index (χ1n) is 3.85. The minimum Gasteiger partial charge on any atom is -0.432 e. The van der Waals surface area contributed by atoms with Gasteiger partial charge in [-0.25, -0.2) is 4.79 Å². The molecule has 1 heterocycles. The number of hydrogen-bond donors (Lipinski definition) is 0. The largest absolute Gasteiger partial charge is 0.432 e. The molecule has 1 amide bonds. The molecule has 1 rings (SSSR count). The Hall–Kier alpha value is -1.17. The van der Waals surface area contributed by atoms with Crippen molar-refractivity contribution in [1.29, 1.82) is 0 Å². The average Bonchev–Trinajstić information content (AvgIpc) is 1.96. The molecule has 1 atom stereocenters. The molecule has 0 bridgehead atoms. The molecule has 3 heteroatoms. The molecule has 0 N–H and O–H groups in total. The highest BCUT2D eigenvalue weighted by atomic mass is 16.6. The molecule has 1 aliphatic rings. The minimum absolute atomic E-state index is 0.155. The van der Waals surface area contributed by atoms with E-state index in [1.54, 1.807) is 7.05 Å². The lowest BCUT2D eigenvalue weighted by Crippen LogP contribution is -2.50. The van der Waals surface area contributed by atoms with E-state index in [0.717, 1.165) is 0 Å². The summed E-state index contributed by atoms with van der Waals surface area (Å²) in [5.41, 5.74) is -0.155. The van der Waals surface area contributed by atoms with Crippen LogP contribution in [0.25, 0.3) is 0 Å². The van der Waals surface area contributed by atoms with Gasteiger partial charge in [-0.3, -0.25) is 0 Å². The van der Waals surface area contributed by atoms with E-state index in [2.05, 4.69) is 5.92 Å². The zero-order chi connectivity index (χ0) is 9.35. The lowest BCUT2D eigenvalue weighted by atomic mass is 9.85. The van der Waals surface area contributed by atoms with Crippen molar-refractivity contribution in [3.8, 4) is 12.3 Å². The van der Waals surface area contributed by atoms with Gasteiger partial charge in [0, 0.05) is 19.0 Å². The van der Waals surface area contributed by atoms with Crippen LogP contribution in [0.4, 0.5) is 4.79 Å². The summed E-state index contributed by atoms with van der Waals surface area (Å²) in [4.78, 5) is 12.6. The van der Waals surface area contributed by atoms with Gasteiger partial charge in [0.05, 0.1) is 0 Å². The Bertz CT molecular complexity index is 239. The normalized spacial score (nSPS) is 27.7. The second-order valence-electron chi connectivity index (χ2n) is 3.78. The lowest BCUT2D eigenvalue weighted by molar-refractivity contribution is -0.0147. The van der Waals surface area contributed by atoms with Crippen LogP contribution in [0, 0.1) is 17.8 Å². The Morgan fingerprint density at radius 1 is 1.75 bits per heavy atom. The van der Waals surface area contributed by atoms with Crippen molar-refractivity contribution in [2.45, 2.75) is 20.0 Å². The van der Waals surface area contributed by atoms with Gasteiger partial charge in [0.15, 0.2) is 6.10 Å². The topological polar surface area (TPSA) is 29.5 Å². The third-order valence-electron chi connectivity index (χ3n) is 2.04. The number of rotatable bonds is 0. The van der Waals surface area contributed by atoms with Crippen molar-refractivity contribution in [2.75, 3.05) is 13.6 Å². The molecule has 1 aliphatic heterocycles. The van der Waals surface area contributed by atoms with Crippen molar-refractivity contribution in [2.24, 2.45) is 5.41 Å². The Balaban J connectivity index is 2.81. The second kappa shape index (κ2) is 2.71. The molecule has 1 fully saturated rings. The van der Waals surface area contributed by atoms with Gasteiger partial charge in [-0.15, -0.1) is 6.42 Å². The molecule has 12 heavy (non-hydrogen) atoms. The SMILES string of the molecule is C#C[C@@H]1OC(=O)N(C)CC1(C)C.